The first-order valence-corrected chi connectivity index (χ1v) is 11.1. The Labute approximate surface area is 187 Å². The zero-order valence-electron chi connectivity index (χ0n) is 18.7. The van der Waals surface area contributed by atoms with Gasteiger partial charge >= 0.3 is 0 Å². The quantitative estimate of drug-likeness (QED) is 0.491. The molecule has 7 nitrogen and oxygen atoms in total. The minimum absolute atomic E-state index is 0.0946. The first-order chi connectivity index (χ1) is 15.3. The van der Waals surface area contributed by atoms with Gasteiger partial charge in [-0.15, -0.1) is 0 Å². The second-order valence-electron chi connectivity index (χ2n) is 9.18. The van der Waals surface area contributed by atoms with E-state index < -0.39 is 17.9 Å². The molecule has 2 bridgehead atoms. The molecular weight excluding hydrogens is 416 g/mol. The molecule has 4 fully saturated rings. The molecule has 1 aliphatic heterocycles. The van der Waals surface area contributed by atoms with Gasteiger partial charge in [0.2, 0.25) is 5.91 Å². The number of ether oxygens (including phenoxy) is 1. The number of nitrogens with one attached hydrogen (secondary N) is 2. The third-order valence-electron chi connectivity index (χ3n) is 7.52. The third-order valence-corrected chi connectivity index (χ3v) is 7.52. The van der Waals surface area contributed by atoms with E-state index in [0.29, 0.717) is 17.0 Å². The van der Waals surface area contributed by atoms with Crippen molar-refractivity contribution in [2.75, 3.05) is 20.2 Å². The standard InChI is InChI=1S/C23H31F2N5O2/c1-4-16(17-5-13-27-29-17)18(19(26-2)30-14-12-23(24,25)15-30)28-20(31)21-6-9-22(32-3,10-7-21)11-8-21/h4-5,13H,2,6-12,14-15H2,1,3H3,(H,27,29)(H,28,31)/b16-4-,19-18-. The summed E-state index contributed by atoms with van der Waals surface area (Å²) in [5.74, 6) is -2.64. The van der Waals surface area contributed by atoms with Crippen LogP contribution in [0.25, 0.3) is 5.57 Å². The average molecular weight is 448 g/mol. The molecule has 0 radical (unpaired) electrons. The van der Waals surface area contributed by atoms with Gasteiger partial charge in [-0.1, -0.05) is 6.08 Å². The van der Waals surface area contributed by atoms with Crippen LogP contribution in [0.5, 0.6) is 0 Å². The van der Waals surface area contributed by atoms with E-state index in [4.69, 9.17) is 4.74 Å². The Morgan fingerprint density at radius 3 is 2.44 bits per heavy atom. The number of H-pyrrole nitrogens is 1. The maximum Gasteiger partial charge on any atom is 0.266 e. The van der Waals surface area contributed by atoms with Crippen LogP contribution in [0.1, 0.15) is 57.6 Å². The van der Waals surface area contributed by atoms with Crippen LogP contribution in [0.4, 0.5) is 8.78 Å². The van der Waals surface area contributed by atoms with E-state index in [2.05, 4.69) is 27.2 Å². The molecule has 9 heteroatoms. The SMILES string of the molecule is C=N/C(=C(NC(=O)C12CCC(OC)(CC1)CC2)\C(=C/C)c1ccn[nH]1)N1CCC(F)(F)C1. The molecule has 0 atom stereocenters. The number of halogens is 2. The van der Waals surface area contributed by atoms with Crippen molar-refractivity contribution >= 4 is 18.2 Å². The Hall–Kier alpha value is -2.55. The Morgan fingerprint density at radius 1 is 1.28 bits per heavy atom. The predicted octanol–water partition coefficient (Wildman–Crippen LogP) is 3.88. The number of methoxy groups -OCH3 is 1. The van der Waals surface area contributed by atoms with Crippen LogP contribution in [0, 0.1) is 5.41 Å². The molecule has 1 saturated heterocycles. The molecule has 2 heterocycles. The largest absolute Gasteiger partial charge is 0.378 e. The van der Waals surface area contributed by atoms with Crippen LogP contribution in [0.2, 0.25) is 0 Å². The second kappa shape index (κ2) is 8.42. The Balaban J connectivity index is 1.69. The van der Waals surface area contributed by atoms with Crippen molar-refractivity contribution in [2.24, 2.45) is 10.4 Å². The van der Waals surface area contributed by atoms with Crippen molar-refractivity contribution in [2.45, 2.75) is 63.4 Å². The summed E-state index contributed by atoms with van der Waals surface area (Å²) in [6.07, 6.45) is 7.93. The fourth-order valence-electron chi connectivity index (χ4n) is 5.38. The predicted molar refractivity (Wildman–Crippen MR) is 118 cm³/mol. The normalized spacial score (nSPS) is 30.2. The molecule has 0 aromatic carbocycles. The molecule has 174 valence electrons. The number of rotatable bonds is 7. The van der Waals surface area contributed by atoms with Crippen molar-refractivity contribution in [3.05, 3.63) is 35.6 Å². The van der Waals surface area contributed by atoms with Gasteiger partial charge in [0, 0.05) is 37.3 Å². The fraction of sp³-hybridized carbons (Fsp3) is 0.609. The molecule has 5 rings (SSSR count). The first-order valence-electron chi connectivity index (χ1n) is 11.1. The van der Waals surface area contributed by atoms with Crippen LogP contribution in [0.3, 0.4) is 0 Å². The summed E-state index contributed by atoms with van der Waals surface area (Å²) in [4.78, 5) is 19.3. The lowest BCUT2D eigenvalue weighted by molar-refractivity contribution is -0.152. The highest BCUT2D eigenvalue weighted by Crippen LogP contribution is 2.54. The van der Waals surface area contributed by atoms with Gasteiger partial charge in [0.05, 0.1) is 23.5 Å². The minimum atomic E-state index is -2.80. The highest BCUT2D eigenvalue weighted by molar-refractivity contribution is 5.90. The summed E-state index contributed by atoms with van der Waals surface area (Å²) in [5.41, 5.74) is 1.10. The molecule has 3 saturated carbocycles. The highest BCUT2D eigenvalue weighted by Gasteiger charge is 2.53. The van der Waals surface area contributed by atoms with Crippen LogP contribution in [0.15, 0.2) is 34.8 Å². The van der Waals surface area contributed by atoms with E-state index in [1.807, 2.05) is 13.0 Å². The molecule has 0 unspecified atom stereocenters. The Morgan fingerprint density at radius 2 is 1.97 bits per heavy atom. The van der Waals surface area contributed by atoms with Crippen molar-refractivity contribution < 1.29 is 18.3 Å². The Bertz CT molecular complexity index is 914. The average Bonchev–Trinajstić information content (AvgIpc) is 3.46. The van der Waals surface area contributed by atoms with Crippen molar-refractivity contribution in [1.29, 1.82) is 0 Å². The maximum atomic E-state index is 14.0. The van der Waals surface area contributed by atoms with E-state index in [1.54, 1.807) is 19.4 Å². The lowest BCUT2D eigenvalue weighted by atomic mass is 9.58. The molecular formula is C23H31F2N5O2. The maximum absolute atomic E-state index is 14.0. The number of allylic oxidation sites excluding steroid dienone is 2. The number of aromatic amines is 1. The number of nitrogens with zero attached hydrogens (tertiary/aromatic N) is 3. The molecule has 1 amide bonds. The third kappa shape index (κ3) is 3.98. The lowest BCUT2D eigenvalue weighted by Crippen LogP contribution is -2.53. The Kier molecular flexibility index (Phi) is 5.96. The van der Waals surface area contributed by atoms with E-state index in [9.17, 15) is 13.6 Å². The van der Waals surface area contributed by atoms with E-state index in [-0.39, 0.29) is 30.3 Å². The van der Waals surface area contributed by atoms with Gasteiger partial charge in [-0.3, -0.25) is 9.89 Å². The van der Waals surface area contributed by atoms with E-state index >= 15 is 0 Å². The zero-order valence-corrected chi connectivity index (χ0v) is 18.7. The second-order valence-corrected chi connectivity index (χ2v) is 9.18. The molecule has 1 aromatic rings. The molecule has 32 heavy (non-hydrogen) atoms. The summed E-state index contributed by atoms with van der Waals surface area (Å²) in [6.45, 7) is 5.15. The monoisotopic (exact) mass is 447 g/mol. The number of amides is 1. The van der Waals surface area contributed by atoms with E-state index in [0.717, 1.165) is 38.5 Å². The van der Waals surface area contributed by atoms with Crippen LogP contribution in [-0.2, 0) is 9.53 Å². The number of likely N-dealkylation sites (tertiary alicyclic amines) is 1. The number of carbonyl (C=O) groups excluding carboxylic acids is 1. The van der Waals surface area contributed by atoms with Gasteiger partial charge in [-0.05, 0) is 58.2 Å². The molecule has 4 aliphatic rings. The van der Waals surface area contributed by atoms with E-state index in [1.165, 1.54) is 4.90 Å². The number of fused-ring (bicyclic) bond motifs is 3. The van der Waals surface area contributed by atoms with Crippen molar-refractivity contribution in [3.8, 4) is 0 Å². The summed E-state index contributed by atoms with van der Waals surface area (Å²) < 4.78 is 33.8. The smallest absolute Gasteiger partial charge is 0.266 e. The summed E-state index contributed by atoms with van der Waals surface area (Å²) in [6, 6.07) is 1.77. The minimum Gasteiger partial charge on any atom is -0.378 e. The number of hydrogen-bond donors (Lipinski definition) is 2. The van der Waals surface area contributed by atoms with Crippen LogP contribution >= 0.6 is 0 Å². The van der Waals surface area contributed by atoms with Crippen LogP contribution in [-0.4, -0.2) is 59.4 Å². The van der Waals surface area contributed by atoms with Gasteiger partial charge < -0.3 is 15.0 Å². The van der Waals surface area contributed by atoms with Gasteiger partial charge in [0.25, 0.3) is 5.92 Å². The van der Waals surface area contributed by atoms with Crippen molar-refractivity contribution in [3.63, 3.8) is 0 Å². The summed E-state index contributed by atoms with van der Waals surface area (Å²) in [5, 5.41) is 10.0. The molecule has 0 spiro atoms. The molecule has 1 aromatic heterocycles. The van der Waals surface area contributed by atoms with Crippen molar-refractivity contribution in [1.82, 2.24) is 20.4 Å². The van der Waals surface area contributed by atoms with Gasteiger partial charge in [-0.25, -0.2) is 13.8 Å². The topological polar surface area (TPSA) is 82.6 Å². The summed E-state index contributed by atoms with van der Waals surface area (Å²) >= 11 is 0. The zero-order chi connectivity index (χ0) is 23.0. The lowest BCUT2D eigenvalue weighted by Gasteiger charge is -2.51. The van der Waals surface area contributed by atoms with Gasteiger partial charge in [0.1, 0.15) is 0 Å². The molecule has 3 aliphatic carbocycles. The van der Waals surface area contributed by atoms with Gasteiger partial charge in [-0.2, -0.15) is 5.10 Å². The number of alkyl halides is 2. The molecule has 2 N–H and O–H groups in total. The van der Waals surface area contributed by atoms with Gasteiger partial charge in [0.15, 0.2) is 5.82 Å². The number of aliphatic imine (C=N–C) groups is 1. The highest BCUT2D eigenvalue weighted by atomic mass is 19.3. The fourth-order valence-corrected chi connectivity index (χ4v) is 5.38. The number of aromatic nitrogens is 2. The summed E-state index contributed by atoms with van der Waals surface area (Å²) in [7, 11) is 1.75. The number of hydrogen-bond acceptors (Lipinski definition) is 5. The van der Waals surface area contributed by atoms with Crippen LogP contribution < -0.4 is 5.32 Å². The number of carbonyl (C=O) groups is 1. The first kappa shape index (κ1) is 22.6.